The quantitative estimate of drug-likeness (QED) is 0.406. The molecular weight excluding hydrogens is 480 g/mol. The zero-order chi connectivity index (χ0) is 26.8. The Hall–Kier alpha value is -4.67. The zero-order valence-corrected chi connectivity index (χ0v) is 21.1. The fraction of sp³-hybridized carbons (Fsp3) is 0.321. The van der Waals surface area contributed by atoms with E-state index < -0.39 is 11.2 Å². The molecule has 0 amide bonds. The van der Waals surface area contributed by atoms with Gasteiger partial charge in [-0.15, -0.1) is 0 Å². The van der Waals surface area contributed by atoms with Crippen molar-refractivity contribution in [1.82, 2.24) is 18.7 Å². The molecule has 2 aromatic carbocycles. The van der Waals surface area contributed by atoms with Crippen molar-refractivity contribution in [3.63, 3.8) is 0 Å². The van der Waals surface area contributed by atoms with E-state index in [-0.39, 0.29) is 36.3 Å². The molecule has 4 aromatic rings. The molecule has 0 saturated heterocycles. The van der Waals surface area contributed by atoms with Gasteiger partial charge >= 0.3 is 5.69 Å². The number of aryl methyl sites for hydroxylation is 1. The van der Waals surface area contributed by atoms with Gasteiger partial charge in [-0.25, -0.2) is 4.79 Å². The molecule has 1 fully saturated rings. The van der Waals surface area contributed by atoms with E-state index in [1.165, 1.54) is 4.57 Å². The monoisotopic (exact) mass is 508 g/mol. The standard InChI is InChI=1S/C28H28N8O2/c1-34-25-24(26(37)36(28(34)38)17-21-11-5-3-9-19(21)15-30)35(16-20-10-4-2-8-18(20)14-29)27(33-25)32-23-13-7-6-12-22(23)31/h2-5,8-11,22-23H,6-7,12-13,16-17,31H2,1H3,(H,32,33). The van der Waals surface area contributed by atoms with Gasteiger partial charge in [-0.3, -0.25) is 18.5 Å². The zero-order valence-electron chi connectivity index (χ0n) is 21.1. The van der Waals surface area contributed by atoms with E-state index in [2.05, 4.69) is 17.5 Å². The fourth-order valence-corrected chi connectivity index (χ4v) is 5.15. The molecular formula is C28H28N8O2. The van der Waals surface area contributed by atoms with E-state index in [1.807, 2.05) is 12.1 Å². The number of nitrogens with zero attached hydrogens (tertiary/aromatic N) is 6. The van der Waals surface area contributed by atoms with Gasteiger partial charge in [0.05, 0.1) is 36.4 Å². The highest BCUT2D eigenvalue weighted by Gasteiger charge is 2.26. The lowest BCUT2D eigenvalue weighted by Gasteiger charge is -2.29. The van der Waals surface area contributed by atoms with Gasteiger partial charge in [0, 0.05) is 19.1 Å². The fourth-order valence-electron chi connectivity index (χ4n) is 5.15. The average Bonchev–Trinajstić information content (AvgIpc) is 3.29. The topological polar surface area (TPSA) is 147 Å². The number of nitriles is 2. The summed E-state index contributed by atoms with van der Waals surface area (Å²) in [5.41, 5.74) is 8.01. The largest absolute Gasteiger partial charge is 0.351 e. The molecule has 10 nitrogen and oxygen atoms in total. The molecule has 0 radical (unpaired) electrons. The van der Waals surface area contributed by atoms with Crippen molar-refractivity contribution in [3.8, 4) is 12.1 Å². The molecule has 0 aliphatic heterocycles. The highest BCUT2D eigenvalue weighted by atomic mass is 16.2. The lowest BCUT2D eigenvalue weighted by atomic mass is 9.91. The van der Waals surface area contributed by atoms with Crippen LogP contribution in [0.1, 0.15) is 47.9 Å². The molecule has 2 heterocycles. The molecule has 1 saturated carbocycles. The van der Waals surface area contributed by atoms with E-state index in [9.17, 15) is 20.1 Å². The summed E-state index contributed by atoms with van der Waals surface area (Å²) in [6, 6.07) is 18.3. The first-order chi connectivity index (χ1) is 18.4. The number of benzene rings is 2. The summed E-state index contributed by atoms with van der Waals surface area (Å²) in [7, 11) is 1.58. The maximum absolute atomic E-state index is 13.9. The number of aromatic nitrogens is 4. The van der Waals surface area contributed by atoms with Crippen LogP contribution in [0, 0.1) is 22.7 Å². The molecule has 3 N–H and O–H groups in total. The van der Waals surface area contributed by atoms with Crippen molar-refractivity contribution < 1.29 is 0 Å². The number of nitrogens with two attached hydrogens (primary N) is 1. The smallest absolute Gasteiger partial charge is 0.332 e. The minimum atomic E-state index is -0.529. The van der Waals surface area contributed by atoms with Gasteiger partial charge in [-0.05, 0) is 36.1 Å². The molecule has 192 valence electrons. The van der Waals surface area contributed by atoms with Crippen LogP contribution in [0.25, 0.3) is 11.2 Å². The Labute approximate surface area is 219 Å². The van der Waals surface area contributed by atoms with Gasteiger partial charge in [0.1, 0.15) is 0 Å². The van der Waals surface area contributed by atoms with Gasteiger partial charge in [0.2, 0.25) is 5.95 Å². The van der Waals surface area contributed by atoms with Gasteiger partial charge in [0.15, 0.2) is 11.2 Å². The first kappa shape index (κ1) is 25.0. The van der Waals surface area contributed by atoms with Crippen LogP contribution in [0.2, 0.25) is 0 Å². The van der Waals surface area contributed by atoms with Gasteiger partial charge in [-0.1, -0.05) is 49.2 Å². The van der Waals surface area contributed by atoms with Crippen LogP contribution in [0.4, 0.5) is 5.95 Å². The maximum atomic E-state index is 13.9. The molecule has 1 aliphatic carbocycles. The summed E-state index contributed by atoms with van der Waals surface area (Å²) >= 11 is 0. The number of hydrogen-bond donors (Lipinski definition) is 2. The van der Waals surface area contributed by atoms with E-state index in [4.69, 9.17) is 10.7 Å². The molecule has 5 rings (SSSR count). The molecule has 2 aromatic heterocycles. The normalized spacial score (nSPS) is 17.2. The average molecular weight is 509 g/mol. The Balaban J connectivity index is 1.71. The van der Waals surface area contributed by atoms with Gasteiger partial charge < -0.3 is 11.1 Å². The molecule has 38 heavy (non-hydrogen) atoms. The molecule has 10 heteroatoms. The van der Waals surface area contributed by atoms with Crippen LogP contribution in [0.5, 0.6) is 0 Å². The lowest BCUT2D eigenvalue weighted by molar-refractivity contribution is 0.401. The van der Waals surface area contributed by atoms with Crippen molar-refractivity contribution in [1.29, 1.82) is 10.5 Å². The second kappa shape index (κ2) is 10.4. The first-order valence-electron chi connectivity index (χ1n) is 12.6. The summed E-state index contributed by atoms with van der Waals surface area (Å²) < 4.78 is 4.22. The van der Waals surface area contributed by atoms with Crippen LogP contribution in [0.3, 0.4) is 0 Å². The molecule has 2 atom stereocenters. The third kappa shape index (κ3) is 4.47. The van der Waals surface area contributed by atoms with E-state index in [0.29, 0.717) is 22.6 Å². The highest BCUT2D eigenvalue weighted by Crippen LogP contribution is 2.24. The Morgan fingerprint density at radius 3 is 2.13 bits per heavy atom. The minimum absolute atomic E-state index is 0.0349. The third-order valence-electron chi connectivity index (χ3n) is 7.30. The second-order valence-electron chi connectivity index (χ2n) is 9.66. The van der Waals surface area contributed by atoms with Crippen LogP contribution < -0.4 is 22.3 Å². The first-order valence-corrected chi connectivity index (χ1v) is 12.6. The number of imidazole rings is 1. The number of rotatable bonds is 6. The molecule has 2 unspecified atom stereocenters. The van der Waals surface area contributed by atoms with Crippen molar-refractivity contribution in [3.05, 3.63) is 91.6 Å². The lowest BCUT2D eigenvalue weighted by Crippen LogP contribution is -2.43. The van der Waals surface area contributed by atoms with Gasteiger partial charge in [-0.2, -0.15) is 15.5 Å². The van der Waals surface area contributed by atoms with E-state index in [1.54, 1.807) is 48.0 Å². The van der Waals surface area contributed by atoms with E-state index >= 15 is 0 Å². The van der Waals surface area contributed by atoms with E-state index in [0.717, 1.165) is 35.8 Å². The van der Waals surface area contributed by atoms with Crippen molar-refractivity contribution in [2.45, 2.75) is 50.9 Å². The number of fused-ring (bicyclic) bond motifs is 1. The number of anilines is 1. The Morgan fingerprint density at radius 1 is 0.947 bits per heavy atom. The second-order valence-corrected chi connectivity index (χ2v) is 9.66. The summed E-state index contributed by atoms with van der Waals surface area (Å²) in [6.45, 7) is 0.147. The predicted octanol–water partition coefficient (Wildman–Crippen LogP) is 2.42. The van der Waals surface area contributed by atoms with Crippen molar-refractivity contribution in [2.24, 2.45) is 12.8 Å². The van der Waals surface area contributed by atoms with Crippen molar-refractivity contribution in [2.75, 3.05) is 5.32 Å². The Bertz CT molecular complexity index is 1720. The highest BCUT2D eigenvalue weighted by molar-refractivity contribution is 5.74. The predicted molar refractivity (Wildman–Crippen MR) is 144 cm³/mol. The minimum Gasteiger partial charge on any atom is -0.351 e. The SMILES string of the molecule is Cn1c(=O)n(Cc2ccccc2C#N)c(=O)c2c1nc(NC1CCCCC1N)n2Cc1ccccc1C#N. The summed E-state index contributed by atoms with van der Waals surface area (Å²) in [6.07, 6.45) is 3.85. The number of nitrogens with one attached hydrogen (secondary N) is 1. The Kier molecular flexibility index (Phi) is 6.82. The van der Waals surface area contributed by atoms with Crippen LogP contribution in [-0.2, 0) is 20.1 Å². The van der Waals surface area contributed by atoms with Gasteiger partial charge in [0.25, 0.3) is 5.56 Å². The van der Waals surface area contributed by atoms with Crippen molar-refractivity contribution >= 4 is 17.1 Å². The molecule has 0 bridgehead atoms. The number of hydrogen-bond acceptors (Lipinski definition) is 7. The summed E-state index contributed by atoms with van der Waals surface area (Å²) in [5, 5.41) is 22.6. The third-order valence-corrected chi connectivity index (χ3v) is 7.30. The van der Waals surface area contributed by atoms with Crippen LogP contribution in [-0.4, -0.2) is 30.8 Å². The molecule has 1 aliphatic rings. The molecule has 0 spiro atoms. The summed E-state index contributed by atoms with van der Waals surface area (Å²) in [4.78, 5) is 32.0. The van der Waals surface area contributed by atoms with Crippen LogP contribution >= 0.6 is 0 Å². The summed E-state index contributed by atoms with van der Waals surface area (Å²) in [5.74, 6) is 0.428. The van der Waals surface area contributed by atoms with Crippen LogP contribution in [0.15, 0.2) is 58.1 Å². The maximum Gasteiger partial charge on any atom is 0.332 e. The Morgan fingerprint density at radius 2 is 1.53 bits per heavy atom.